The lowest BCUT2D eigenvalue weighted by Crippen LogP contribution is -2.29. The van der Waals surface area contributed by atoms with Crippen molar-refractivity contribution < 1.29 is 4.79 Å². The molecule has 10 heavy (non-hydrogen) atoms. The summed E-state index contributed by atoms with van der Waals surface area (Å²) in [4.78, 5) is 10.9. The van der Waals surface area contributed by atoms with Crippen molar-refractivity contribution in [2.75, 3.05) is 6.54 Å². The second-order valence-electron chi connectivity index (χ2n) is 2.86. The smallest absolute Gasteiger partial charge is 0.151 e. The Morgan fingerprint density at radius 3 is 2.00 bits per heavy atom. The normalized spacial score (nSPS) is 10.4. The molecule has 0 saturated heterocycles. The zero-order valence-electron chi connectivity index (χ0n) is 6.81. The molecule has 0 heterocycles. The van der Waals surface area contributed by atoms with Gasteiger partial charge >= 0.3 is 0 Å². The zero-order valence-corrected chi connectivity index (χ0v) is 7.62. The minimum absolute atomic E-state index is 0. The van der Waals surface area contributed by atoms with E-state index in [2.05, 4.69) is 0 Å². The molecule has 2 nitrogen and oxygen atoms in total. The van der Waals surface area contributed by atoms with Crippen molar-refractivity contribution in [3.05, 3.63) is 0 Å². The van der Waals surface area contributed by atoms with Gasteiger partial charge in [0.05, 0.1) is 6.54 Å². The number of hydrogen-bond donors (Lipinski definition) is 1. The quantitative estimate of drug-likeness (QED) is 0.687. The van der Waals surface area contributed by atoms with Gasteiger partial charge in [0.25, 0.3) is 0 Å². The van der Waals surface area contributed by atoms with Crippen LogP contribution in [0.4, 0.5) is 0 Å². The molecule has 2 N–H and O–H groups in total. The van der Waals surface area contributed by atoms with E-state index in [1.165, 1.54) is 0 Å². The van der Waals surface area contributed by atoms with Crippen LogP contribution in [0.2, 0.25) is 0 Å². The number of halogens is 1. The summed E-state index contributed by atoms with van der Waals surface area (Å²) in [5.41, 5.74) is 4.97. The van der Waals surface area contributed by atoms with Gasteiger partial charge in [0, 0.05) is 5.41 Å². The highest BCUT2D eigenvalue weighted by Crippen LogP contribution is 2.19. The summed E-state index contributed by atoms with van der Waals surface area (Å²) in [5, 5.41) is 0. The predicted octanol–water partition coefficient (Wildman–Crippen LogP) is 1.37. The summed E-state index contributed by atoms with van der Waals surface area (Å²) >= 11 is 0. The van der Waals surface area contributed by atoms with Gasteiger partial charge in [-0.2, -0.15) is 0 Å². The van der Waals surface area contributed by atoms with Crippen LogP contribution < -0.4 is 5.73 Å². The molecule has 0 aliphatic carbocycles. The summed E-state index contributed by atoms with van der Waals surface area (Å²) in [6.07, 6.45) is 0.864. The number of nitrogens with two attached hydrogens (primary N) is 1. The van der Waals surface area contributed by atoms with Gasteiger partial charge in [0.2, 0.25) is 0 Å². The Kier molecular flexibility index (Phi) is 5.90. The number of Topliss-reactive ketones (excluding diaryl/α,β-unsaturated/α-hetero) is 1. The number of carbonyl (C=O) groups is 1. The molecule has 0 unspecified atom stereocenters. The van der Waals surface area contributed by atoms with Crippen LogP contribution in [0.1, 0.15) is 27.2 Å². The van der Waals surface area contributed by atoms with Crippen LogP contribution in [0.3, 0.4) is 0 Å². The van der Waals surface area contributed by atoms with E-state index < -0.39 is 0 Å². The second-order valence-corrected chi connectivity index (χ2v) is 2.86. The van der Waals surface area contributed by atoms with Crippen molar-refractivity contribution in [3.8, 4) is 0 Å². The maximum atomic E-state index is 10.9. The average Bonchev–Trinajstić information content (AvgIpc) is 1.86. The van der Waals surface area contributed by atoms with E-state index in [0.29, 0.717) is 0 Å². The third kappa shape index (κ3) is 3.18. The summed E-state index contributed by atoms with van der Waals surface area (Å²) < 4.78 is 0. The van der Waals surface area contributed by atoms with Gasteiger partial charge in [-0.1, -0.05) is 20.8 Å². The first-order chi connectivity index (χ1) is 4.04. The van der Waals surface area contributed by atoms with E-state index in [0.717, 1.165) is 6.42 Å². The SMILES string of the molecule is CCC(C)(C)C(=O)CN.Cl. The first-order valence-corrected chi connectivity index (χ1v) is 3.28. The highest BCUT2D eigenvalue weighted by atomic mass is 35.5. The Labute approximate surface area is 68.6 Å². The molecule has 62 valence electrons. The minimum atomic E-state index is -0.214. The highest BCUT2D eigenvalue weighted by molar-refractivity contribution is 5.85. The topological polar surface area (TPSA) is 43.1 Å². The van der Waals surface area contributed by atoms with E-state index in [-0.39, 0.29) is 30.2 Å². The number of hydrogen-bond acceptors (Lipinski definition) is 2. The molecule has 0 spiro atoms. The van der Waals surface area contributed by atoms with Gasteiger partial charge in [0.15, 0.2) is 5.78 Å². The lowest BCUT2D eigenvalue weighted by Gasteiger charge is -2.18. The van der Waals surface area contributed by atoms with Crippen LogP contribution in [0.5, 0.6) is 0 Å². The van der Waals surface area contributed by atoms with Crippen LogP contribution >= 0.6 is 12.4 Å². The summed E-state index contributed by atoms with van der Waals surface area (Å²) in [6, 6.07) is 0. The third-order valence-electron chi connectivity index (χ3n) is 1.82. The molecule has 0 bridgehead atoms. The molecule has 0 aromatic carbocycles. The van der Waals surface area contributed by atoms with Crippen molar-refractivity contribution in [1.29, 1.82) is 0 Å². The Morgan fingerprint density at radius 2 is 1.90 bits per heavy atom. The molecule has 0 aliphatic rings. The maximum Gasteiger partial charge on any atom is 0.151 e. The molecular weight excluding hydrogens is 150 g/mol. The highest BCUT2D eigenvalue weighted by Gasteiger charge is 2.22. The van der Waals surface area contributed by atoms with Gasteiger partial charge in [-0.15, -0.1) is 12.4 Å². The summed E-state index contributed by atoms with van der Waals surface area (Å²) in [6.45, 7) is 6.00. The van der Waals surface area contributed by atoms with Crippen LogP contribution in [0.15, 0.2) is 0 Å². The number of carbonyl (C=O) groups excluding carboxylic acids is 1. The monoisotopic (exact) mass is 165 g/mol. The first kappa shape index (κ1) is 12.6. The van der Waals surface area contributed by atoms with Crippen molar-refractivity contribution in [1.82, 2.24) is 0 Å². The van der Waals surface area contributed by atoms with Crippen LogP contribution in [0, 0.1) is 5.41 Å². The molecule has 0 fully saturated rings. The van der Waals surface area contributed by atoms with Gasteiger partial charge in [0.1, 0.15) is 0 Å². The Morgan fingerprint density at radius 1 is 1.50 bits per heavy atom. The van der Waals surface area contributed by atoms with Gasteiger partial charge in [-0.3, -0.25) is 4.79 Å². The lowest BCUT2D eigenvalue weighted by atomic mass is 9.85. The van der Waals surface area contributed by atoms with Crippen molar-refractivity contribution in [3.63, 3.8) is 0 Å². The predicted molar refractivity (Wildman–Crippen MR) is 45.4 cm³/mol. The number of rotatable bonds is 3. The van der Waals surface area contributed by atoms with Crippen molar-refractivity contribution >= 4 is 18.2 Å². The van der Waals surface area contributed by atoms with E-state index in [4.69, 9.17) is 5.73 Å². The molecule has 0 aromatic rings. The van der Waals surface area contributed by atoms with E-state index in [9.17, 15) is 4.79 Å². The molecule has 0 atom stereocenters. The molecule has 0 amide bonds. The van der Waals surface area contributed by atoms with Crippen molar-refractivity contribution in [2.24, 2.45) is 11.1 Å². The maximum absolute atomic E-state index is 10.9. The van der Waals surface area contributed by atoms with Crippen LogP contribution in [-0.2, 0) is 4.79 Å². The molecule has 3 heteroatoms. The standard InChI is InChI=1S/C7H15NO.ClH/c1-4-7(2,3)6(9)5-8;/h4-5,8H2,1-3H3;1H. The van der Waals surface area contributed by atoms with Crippen LogP contribution in [0.25, 0.3) is 0 Å². The van der Waals surface area contributed by atoms with E-state index in [1.54, 1.807) is 0 Å². The Balaban J connectivity index is 0. The zero-order chi connectivity index (χ0) is 7.49. The van der Waals surface area contributed by atoms with E-state index in [1.807, 2.05) is 20.8 Å². The molecule has 0 aliphatic heterocycles. The molecule has 0 aromatic heterocycles. The minimum Gasteiger partial charge on any atom is -0.324 e. The Bertz CT molecular complexity index is 112. The molecule has 0 saturated carbocycles. The summed E-state index contributed by atoms with van der Waals surface area (Å²) in [7, 11) is 0. The van der Waals surface area contributed by atoms with E-state index >= 15 is 0 Å². The second kappa shape index (κ2) is 4.69. The Hall–Kier alpha value is -0.0800. The fourth-order valence-electron chi connectivity index (χ4n) is 0.473. The lowest BCUT2D eigenvalue weighted by molar-refractivity contribution is -0.125. The van der Waals surface area contributed by atoms with Gasteiger partial charge in [-0.05, 0) is 6.42 Å². The number of ketones is 1. The molecular formula is C7H16ClNO. The third-order valence-corrected chi connectivity index (χ3v) is 1.82. The molecule has 0 radical (unpaired) electrons. The largest absolute Gasteiger partial charge is 0.324 e. The van der Waals surface area contributed by atoms with Crippen LogP contribution in [-0.4, -0.2) is 12.3 Å². The fourth-order valence-corrected chi connectivity index (χ4v) is 0.473. The van der Waals surface area contributed by atoms with Gasteiger partial charge in [-0.25, -0.2) is 0 Å². The average molecular weight is 166 g/mol. The fraction of sp³-hybridized carbons (Fsp3) is 0.857. The van der Waals surface area contributed by atoms with Gasteiger partial charge < -0.3 is 5.73 Å². The first-order valence-electron chi connectivity index (χ1n) is 3.28. The summed E-state index contributed by atoms with van der Waals surface area (Å²) in [5.74, 6) is 0.144. The molecule has 0 rings (SSSR count). The van der Waals surface area contributed by atoms with Crippen molar-refractivity contribution in [2.45, 2.75) is 27.2 Å².